The van der Waals surface area contributed by atoms with Gasteiger partial charge in [0.1, 0.15) is 5.84 Å². The van der Waals surface area contributed by atoms with Crippen molar-refractivity contribution in [3.8, 4) is 0 Å². The zero-order valence-electron chi connectivity index (χ0n) is 9.42. The van der Waals surface area contributed by atoms with Gasteiger partial charge in [-0.15, -0.1) is 0 Å². The smallest absolute Gasteiger partial charge is 0.241 e. The summed E-state index contributed by atoms with van der Waals surface area (Å²) >= 11 is 0. The SMILES string of the molecule is N=C(N)CNS(=O)(=O)c1cccc2ncccc12. The molecule has 0 aliphatic rings. The Hall–Kier alpha value is -1.99. The molecule has 1 aromatic carbocycles. The third-order valence-corrected chi connectivity index (χ3v) is 3.81. The number of fused-ring (bicyclic) bond motifs is 1. The second kappa shape index (κ2) is 4.71. The molecule has 1 heterocycles. The fourth-order valence-corrected chi connectivity index (χ4v) is 2.78. The number of nitrogens with zero attached hydrogens (tertiary/aromatic N) is 1. The molecule has 0 aliphatic heterocycles. The molecular weight excluding hydrogens is 252 g/mol. The van der Waals surface area contributed by atoms with Crippen molar-refractivity contribution in [2.45, 2.75) is 4.90 Å². The molecular formula is C11H12N4O2S. The summed E-state index contributed by atoms with van der Waals surface area (Å²) in [6, 6.07) is 8.21. The summed E-state index contributed by atoms with van der Waals surface area (Å²) in [4.78, 5) is 4.23. The fourth-order valence-electron chi connectivity index (χ4n) is 1.56. The van der Waals surface area contributed by atoms with Gasteiger partial charge in [0.05, 0.1) is 17.0 Å². The quantitative estimate of drug-likeness (QED) is 0.550. The summed E-state index contributed by atoms with van der Waals surface area (Å²) in [5.41, 5.74) is 5.73. The first-order chi connectivity index (χ1) is 8.50. The highest BCUT2D eigenvalue weighted by molar-refractivity contribution is 7.89. The van der Waals surface area contributed by atoms with E-state index in [2.05, 4.69) is 9.71 Å². The number of hydrogen-bond acceptors (Lipinski definition) is 4. The predicted octanol–water partition coefficient (Wildman–Crippen LogP) is 0.449. The topological polar surface area (TPSA) is 109 Å². The molecule has 0 radical (unpaired) electrons. The summed E-state index contributed by atoms with van der Waals surface area (Å²) in [7, 11) is -3.69. The number of benzene rings is 1. The molecule has 2 rings (SSSR count). The molecule has 0 fully saturated rings. The van der Waals surface area contributed by atoms with Crippen LogP contribution in [0, 0.1) is 5.41 Å². The first kappa shape index (κ1) is 12.5. The molecule has 0 unspecified atom stereocenters. The first-order valence-electron chi connectivity index (χ1n) is 5.17. The summed E-state index contributed by atoms with van der Waals surface area (Å²) in [6.45, 7) is -0.209. The molecule has 0 spiro atoms. The largest absolute Gasteiger partial charge is 0.387 e. The minimum absolute atomic E-state index is 0.134. The zero-order chi connectivity index (χ0) is 13.2. The summed E-state index contributed by atoms with van der Waals surface area (Å²) in [6.07, 6.45) is 1.60. The lowest BCUT2D eigenvalue weighted by Gasteiger charge is -2.08. The predicted molar refractivity (Wildman–Crippen MR) is 68.8 cm³/mol. The lowest BCUT2D eigenvalue weighted by molar-refractivity contribution is 0.587. The van der Waals surface area contributed by atoms with E-state index in [1.54, 1.807) is 30.5 Å². The van der Waals surface area contributed by atoms with Crippen LogP contribution < -0.4 is 10.5 Å². The third-order valence-electron chi connectivity index (χ3n) is 2.35. The van der Waals surface area contributed by atoms with Gasteiger partial charge in [0, 0.05) is 11.6 Å². The van der Waals surface area contributed by atoms with Crippen molar-refractivity contribution < 1.29 is 8.42 Å². The van der Waals surface area contributed by atoms with Crippen molar-refractivity contribution in [1.82, 2.24) is 9.71 Å². The molecule has 0 atom stereocenters. The molecule has 0 aliphatic carbocycles. The van der Waals surface area contributed by atoms with E-state index in [0.717, 1.165) is 0 Å². The molecule has 2 aromatic rings. The van der Waals surface area contributed by atoms with Gasteiger partial charge >= 0.3 is 0 Å². The van der Waals surface area contributed by atoms with E-state index in [1.165, 1.54) is 6.07 Å². The molecule has 0 bridgehead atoms. The van der Waals surface area contributed by atoms with Crippen LogP contribution >= 0.6 is 0 Å². The molecule has 0 amide bonds. The molecule has 0 saturated carbocycles. The standard InChI is InChI=1S/C11H12N4O2S/c12-11(13)7-15-18(16,17)10-5-1-4-9-8(10)3-2-6-14-9/h1-6,15H,7H2,(H3,12,13). The lowest BCUT2D eigenvalue weighted by Crippen LogP contribution is -2.33. The molecule has 1 aromatic heterocycles. The molecule has 94 valence electrons. The number of aromatic nitrogens is 1. The zero-order valence-corrected chi connectivity index (χ0v) is 10.2. The van der Waals surface area contributed by atoms with Crippen molar-refractivity contribution in [3.63, 3.8) is 0 Å². The Bertz CT molecular complexity index is 692. The molecule has 18 heavy (non-hydrogen) atoms. The van der Waals surface area contributed by atoms with E-state index in [4.69, 9.17) is 11.1 Å². The minimum Gasteiger partial charge on any atom is -0.387 e. The van der Waals surface area contributed by atoms with Crippen LogP contribution in [0.15, 0.2) is 41.4 Å². The Morgan fingerprint density at radius 1 is 1.33 bits per heavy atom. The Morgan fingerprint density at radius 2 is 2.11 bits per heavy atom. The Balaban J connectivity index is 2.50. The third kappa shape index (κ3) is 2.47. The van der Waals surface area contributed by atoms with E-state index in [0.29, 0.717) is 10.9 Å². The molecule has 7 heteroatoms. The van der Waals surface area contributed by atoms with Gasteiger partial charge in [-0.1, -0.05) is 6.07 Å². The number of sulfonamides is 1. The monoisotopic (exact) mass is 264 g/mol. The number of nitrogens with two attached hydrogens (primary N) is 1. The van der Waals surface area contributed by atoms with Crippen LogP contribution in [0.1, 0.15) is 0 Å². The highest BCUT2D eigenvalue weighted by Crippen LogP contribution is 2.20. The van der Waals surface area contributed by atoms with Crippen molar-refractivity contribution in [2.75, 3.05) is 6.54 Å². The van der Waals surface area contributed by atoms with Gasteiger partial charge in [-0.3, -0.25) is 10.4 Å². The van der Waals surface area contributed by atoms with Gasteiger partial charge < -0.3 is 5.73 Å². The van der Waals surface area contributed by atoms with Crippen LogP contribution in [0.4, 0.5) is 0 Å². The van der Waals surface area contributed by atoms with E-state index in [1.807, 2.05) is 0 Å². The normalized spacial score (nSPS) is 11.6. The van der Waals surface area contributed by atoms with Crippen LogP contribution in [0.25, 0.3) is 10.9 Å². The minimum atomic E-state index is -3.69. The Labute approximate surface area is 104 Å². The average molecular weight is 264 g/mol. The van der Waals surface area contributed by atoms with Crippen molar-refractivity contribution in [1.29, 1.82) is 5.41 Å². The number of hydrogen-bond donors (Lipinski definition) is 3. The van der Waals surface area contributed by atoms with Gasteiger partial charge in [0.15, 0.2) is 0 Å². The summed E-state index contributed by atoms with van der Waals surface area (Å²) in [5.74, 6) is -0.239. The van der Waals surface area contributed by atoms with Crippen LogP contribution in [-0.4, -0.2) is 25.8 Å². The van der Waals surface area contributed by atoms with E-state index in [-0.39, 0.29) is 17.3 Å². The van der Waals surface area contributed by atoms with Crippen molar-refractivity contribution in [2.24, 2.45) is 5.73 Å². The van der Waals surface area contributed by atoms with Crippen LogP contribution in [0.5, 0.6) is 0 Å². The highest BCUT2D eigenvalue weighted by Gasteiger charge is 2.17. The van der Waals surface area contributed by atoms with Crippen LogP contribution in [-0.2, 0) is 10.0 Å². The van der Waals surface area contributed by atoms with E-state index >= 15 is 0 Å². The van der Waals surface area contributed by atoms with Crippen molar-refractivity contribution >= 4 is 26.8 Å². The Morgan fingerprint density at radius 3 is 2.83 bits per heavy atom. The highest BCUT2D eigenvalue weighted by atomic mass is 32.2. The number of amidine groups is 1. The molecule has 6 nitrogen and oxygen atoms in total. The van der Waals surface area contributed by atoms with Gasteiger partial charge in [0.25, 0.3) is 0 Å². The van der Waals surface area contributed by atoms with E-state index in [9.17, 15) is 8.42 Å². The van der Waals surface area contributed by atoms with Gasteiger partial charge in [0.2, 0.25) is 10.0 Å². The maximum Gasteiger partial charge on any atom is 0.241 e. The average Bonchev–Trinajstić information content (AvgIpc) is 2.36. The number of nitrogens with one attached hydrogen (secondary N) is 2. The van der Waals surface area contributed by atoms with E-state index < -0.39 is 10.0 Å². The second-order valence-corrected chi connectivity index (χ2v) is 5.41. The van der Waals surface area contributed by atoms with Crippen molar-refractivity contribution in [3.05, 3.63) is 36.5 Å². The second-order valence-electron chi connectivity index (χ2n) is 3.68. The Kier molecular flexibility index (Phi) is 3.26. The molecule has 0 saturated heterocycles. The lowest BCUT2D eigenvalue weighted by atomic mass is 10.2. The maximum atomic E-state index is 12.1. The van der Waals surface area contributed by atoms with Gasteiger partial charge in [-0.2, -0.15) is 0 Å². The van der Waals surface area contributed by atoms with Crippen LogP contribution in [0.3, 0.4) is 0 Å². The summed E-state index contributed by atoms with van der Waals surface area (Å²) in [5, 5.41) is 7.58. The van der Waals surface area contributed by atoms with Crippen LogP contribution in [0.2, 0.25) is 0 Å². The fraction of sp³-hybridized carbons (Fsp3) is 0.0909. The number of pyridine rings is 1. The molecule has 4 N–H and O–H groups in total. The first-order valence-corrected chi connectivity index (χ1v) is 6.65. The summed E-state index contributed by atoms with van der Waals surface area (Å²) < 4.78 is 26.4. The maximum absolute atomic E-state index is 12.1. The van der Waals surface area contributed by atoms with Gasteiger partial charge in [-0.25, -0.2) is 13.1 Å². The number of rotatable bonds is 4. The van der Waals surface area contributed by atoms with Gasteiger partial charge in [-0.05, 0) is 24.3 Å².